The van der Waals surface area contributed by atoms with Crippen LogP contribution in [0.25, 0.3) is 44.5 Å². The first kappa shape index (κ1) is 37.0. The second-order valence-corrected chi connectivity index (χ2v) is 21.0. The lowest BCUT2D eigenvalue weighted by molar-refractivity contribution is -0.0399. The number of benzene rings is 8. The molecule has 7 aliphatic carbocycles. The van der Waals surface area contributed by atoms with Crippen LogP contribution in [0.2, 0.25) is 0 Å². The predicted octanol–water partition coefficient (Wildman–Crippen LogP) is 16.2. The largest absolute Gasteiger partial charge is 0.310 e. The van der Waals surface area contributed by atoms with E-state index in [0.29, 0.717) is 11.8 Å². The molecule has 1 heteroatoms. The van der Waals surface area contributed by atoms with E-state index in [1.54, 1.807) is 11.1 Å². The minimum Gasteiger partial charge on any atom is -0.310 e. The van der Waals surface area contributed by atoms with Gasteiger partial charge in [0.2, 0.25) is 0 Å². The van der Waals surface area contributed by atoms with E-state index >= 15 is 0 Å². The van der Waals surface area contributed by atoms with Crippen LogP contribution in [0.1, 0.15) is 91.8 Å². The average Bonchev–Trinajstić information content (AvgIpc) is 3.87. The number of anilines is 3. The van der Waals surface area contributed by atoms with E-state index in [1.165, 1.54) is 121 Å². The topological polar surface area (TPSA) is 3.24 Å². The third kappa shape index (κ3) is 4.70. The molecule has 1 unspecified atom stereocenters. The molecule has 0 heterocycles. The monoisotopic (exact) mass is 823 g/mol. The second kappa shape index (κ2) is 13.1. The van der Waals surface area contributed by atoms with Crippen LogP contribution in [0, 0.1) is 23.7 Å². The molecule has 4 fully saturated rings. The number of hydrogen-bond donors (Lipinski definition) is 0. The Bertz CT molecular complexity index is 3210. The van der Waals surface area contributed by atoms with Gasteiger partial charge in [0.1, 0.15) is 0 Å². The Hall–Kier alpha value is -6.44. The van der Waals surface area contributed by atoms with Gasteiger partial charge in [-0.15, -0.1) is 0 Å². The fraction of sp³-hybridized carbons (Fsp3) is 0.238. The van der Waals surface area contributed by atoms with Crippen molar-refractivity contribution in [1.29, 1.82) is 0 Å². The van der Waals surface area contributed by atoms with Gasteiger partial charge in [-0.25, -0.2) is 0 Å². The normalized spacial score (nSPS) is 25.4. The second-order valence-electron chi connectivity index (χ2n) is 21.0. The molecular weight excluding hydrogens is 771 g/mol. The molecule has 310 valence electrons. The third-order valence-corrected chi connectivity index (χ3v) is 17.7. The van der Waals surface area contributed by atoms with Gasteiger partial charge in [-0.2, -0.15) is 0 Å². The fourth-order valence-electron chi connectivity index (χ4n) is 15.4. The molecule has 0 radical (unpaired) electrons. The Kier molecular flexibility index (Phi) is 7.56. The molecule has 8 aromatic carbocycles. The van der Waals surface area contributed by atoms with Crippen LogP contribution in [0.15, 0.2) is 182 Å². The van der Waals surface area contributed by atoms with E-state index in [2.05, 4.69) is 208 Å². The van der Waals surface area contributed by atoms with Crippen LogP contribution in [0.5, 0.6) is 0 Å². The first-order chi connectivity index (χ1) is 31.3. The number of fused-ring (bicyclic) bond motifs is 9. The van der Waals surface area contributed by atoms with Gasteiger partial charge in [-0.05, 0) is 171 Å². The molecule has 0 saturated heterocycles. The Morgan fingerprint density at radius 3 is 1.52 bits per heavy atom. The molecule has 0 N–H and O–H groups in total. The van der Waals surface area contributed by atoms with Gasteiger partial charge in [0, 0.05) is 33.2 Å². The molecule has 0 aliphatic heterocycles. The summed E-state index contributed by atoms with van der Waals surface area (Å²) in [6.07, 6.45) is 6.95. The van der Waals surface area contributed by atoms with E-state index in [-0.39, 0.29) is 16.2 Å². The summed E-state index contributed by atoms with van der Waals surface area (Å²) in [5.74, 6) is 3.19. The number of hydrogen-bond acceptors (Lipinski definition) is 1. The summed E-state index contributed by atoms with van der Waals surface area (Å²) in [5.41, 5.74) is 24.2. The SMILES string of the molecule is CC1(C)c2ccccc2-c2cccc(-c3ccccc3N(c3ccc4c(c3)C(C)(c3ccccc3)c3ccccc3-4)c3ccc4c(c3)C3(c5ccccc5-4)C4CC5CC(C4)CC3C5)c21. The molecule has 0 amide bonds. The summed E-state index contributed by atoms with van der Waals surface area (Å²) in [5, 5.41) is 0. The summed E-state index contributed by atoms with van der Waals surface area (Å²) < 4.78 is 0. The summed E-state index contributed by atoms with van der Waals surface area (Å²) >= 11 is 0. The Balaban J connectivity index is 1.03. The third-order valence-electron chi connectivity index (χ3n) is 17.7. The maximum Gasteiger partial charge on any atom is 0.0540 e. The van der Waals surface area contributed by atoms with Crippen LogP contribution < -0.4 is 4.90 Å². The van der Waals surface area contributed by atoms with Crippen molar-refractivity contribution in [1.82, 2.24) is 0 Å². The van der Waals surface area contributed by atoms with Gasteiger partial charge in [0.05, 0.1) is 5.69 Å². The van der Waals surface area contributed by atoms with Crippen LogP contribution >= 0.6 is 0 Å². The highest BCUT2D eigenvalue weighted by Gasteiger charge is 2.61. The van der Waals surface area contributed by atoms with Crippen molar-refractivity contribution in [2.24, 2.45) is 23.7 Å². The predicted molar refractivity (Wildman–Crippen MR) is 265 cm³/mol. The molecule has 1 atom stereocenters. The van der Waals surface area contributed by atoms with Gasteiger partial charge in [-0.1, -0.05) is 166 Å². The van der Waals surface area contributed by atoms with Crippen molar-refractivity contribution < 1.29 is 0 Å². The molecule has 15 rings (SSSR count). The highest BCUT2D eigenvalue weighted by molar-refractivity contribution is 5.96. The fourth-order valence-corrected chi connectivity index (χ4v) is 15.4. The van der Waals surface area contributed by atoms with Gasteiger partial charge in [0.25, 0.3) is 0 Å². The van der Waals surface area contributed by atoms with Crippen molar-refractivity contribution in [3.63, 3.8) is 0 Å². The molecule has 7 aliphatic rings. The zero-order chi connectivity index (χ0) is 42.5. The average molecular weight is 824 g/mol. The summed E-state index contributed by atoms with van der Waals surface area (Å²) in [4.78, 5) is 2.64. The zero-order valence-electron chi connectivity index (χ0n) is 37.1. The van der Waals surface area contributed by atoms with Crippen LogP contribution in [0.4, 0.5) is 17.1 Å². The lowest BCUT2D eigenvalue weighted by Crippen LogP contribution is -2.55. The van der Waals surface area contributed by atoms with Crippen molar-refractivity contribution in [2.45, 2.75) is 69.1 Å². The van der Waals surface area contributed by atoms with Crippen LogP contribution in [0.3, 0.4) is 0 Å². The van der Waals surface area contributed by atoms with E-state index in [1.807, 2.05) is 0 Å². The highest BCUT2D eigenvalue weighted by Crippen LogP contribution is 2.70. The smallest absolute Gasteiger partial charge is 0.0540 e. The number of rotatable bonds is 5. The van der Waals surface area contributed by atoms with E-state index in [4.69, 9.17) is 0 Å². The summed E-state index contributed by atoms with van der Waals surface area (Å²) in [6.45, 7) is 7.30. The highest BCUT2D eigenvalue weighted by atomic mass is 15.1. The van der Waals surface area contributed by atoms with Gasteiger partial charge in [-0.3, -0.25) is 0 Å². The van der Waals surface area contributed by atoms with E-state index in [0.717, 1.165) is 11.8 Å². The Morgan fingerprint density at radius 2 is 0.844 bits per heavy atom. The minimum absolute atomic E-state index is 0.0715. The van der Waals surface area contributed by atoms with Crippen LogP contribution in [-0.2, 0) is 16.2 Å². The molecular formula is C63H53N. The molecule has 4 bridgehead atoms. The van der Waals surface area contributed by atoms with Crippen molar-refractivity contribution in [3.8, 4) is 44.5 Å². The first-order valence-corrected chi connectivity index (χ1v) is 24.0. The molecule has 1 nitrogen and oxygen atoms in total. The van der Waals surface area contributed by atoms with E-state index in [9.17, 15) is 0 Å². The molecule has 8 aromatic rings. The molecule has 1 spiro atoms. The maximum absolute atomic E-state index is 2.68. The van der Waals surface area contributed by atoms with Crippen molar-refractivity contribution in [2.75, 3.05) is 4.90 Å². The lowest BCUT2D eigenvalue weighted by Gasteiger charge is -2.61. The Morgan fingerprint density at radius 1 is 0.375 bits per heavy atom. The first-order valence-electron chi connectivity index (χ1n) is 24.0. The minimum atomic E-state index is -0.311. The standard InChI is InChI=1S/C63H53N/c1-61(2)54-24-11-7-20-48(54)52-22-15-23-53(60(52)61)51-21-10-14-27-59(51)64(44-28-30-49-46-18-8-12-25-55(46)62(3,57(49)37-44)41-16-5-4-6-17-41)45-29-31-50-47-19-9-13-26-56(47)63(58(50)38-45)42-33-39-32-40(35-42)36-43(63)34-39/h4-31,37-40,42-43H,32-36H2,1-3H3. The molecule has 4 saturated carbocycles. The van der Waals surface area contributed by atoms with Gasteiger partial charge >= 0.3 is 0 Å². The van der Waals surface area contributed by atoms with Gasteiger partial charge < -0.3 is 4.90 Å². The van der Waals surface area contributed by atoms with Gasteiger partial charge in [0.15, 0.2) is 0 Å². The number of para-hydroxylation sites is 1. The number of nitrogens with zero attached hydrogens (tertiary/aromatic N) is 1. The van der Waals surface area contributed by atoms with Crippen LogP contribution in [-0.4, -0.2) is 0 Å². The van der Waals surface area contributed by atoms with Crippen molar-refractivity contribution in [3.05, 3.63) is 221 Å². The summed E-state index contributed by atoms with van der Waals surface area (Å²) in [6, 6.07) is 70.3. The lowest BCUT2D eigenvalue weighted by atomic mass is 9.43. The maximum atomic E-state index is 2.68. The molecule has 0 aromatic heterocycles. The Labute approximate surface area is 378 Å². The quantitative estimate of drug-likeness (QED) is 0.167. The van der Waals surface area contributed by atoms with Crippen molar-refractivity contribution >= 4 is 17.1 Å². The zero-order valence-corrected chi connectivity index (χ0v) is 37.1. The molecule has 64 heavy (non-hydrogen) atoms. The van der Waals surface area contributed by atoms with E-state index < -0.39 is 0 Å². The summed E-state index contributed by atoms with van der Waals surface area (Å²) in [7, 11) is 0.